The van der Waals surface area contributed by atoms with E-state index in [0.29, 0.717) is 5.56 Å². The van der Waals surface area contributed by atoms with Gasteiger partial charge < -0.3 is 0 Å². The van der Waals surface area contributed by atoms with Gasteiger partial charge in [0.05, 0.1) is 11.3 Å². The number of aryl methyl sites for hydroxylation is 1. The van der Waals surface area contributed by atoms with Crippen molar-refractivity contribution in [3.05, 3.63) is 83.2 Å². The second-order valence-electron chi connectivity index (χ2n) is 5.36. The summed E-state index contributed by atoms with van der Waals surface area (Å²) in [5.74, 6) is 6.37. The van der Waals surface area contributed by atoms with Crippen molar-refractivity contribution >= 4 is 5.78 Å². The molecule has 0 amide bonds. The van der Waals surface area contributed by atoms with Crippen molar-refractivity contribution in [2.45, 2.75) is 13.8 Å². The van der Waals surface area contributed by atoms with Gasteiger partial charge in [0.15, 0.2) is 5.78 Å². The Hall–Kier alpha value is -3.12. The molecular weight excluding hydrogens is 284 g/mol. The van der Waals surface area contributed by atoms with Crippen LogP contribution in [-0.4, -0.2) is 15.6 Å². The molecule has 112 valence electrons. The third-order valence-electron chi connectivity index (χ3n) is 3.51. The third-order valence-corrected chi connectivity index (χ3v) is 3.51. The number of carbonyl (C=O) groups excluding carboxylic acids is 1. The highest BCUT2D eigenvalue weighted by atomic mass is 16.1. The second kappa shape index (κ2) is 6.33. The summed E-state index contributed by atoms with van der Waals surface area (Å²) >= 11 is 0. The van der Waals surface area contributed by atoms with Crippen LogP contribution < -0.4 is 0 Å². The van der Waals surface area contributed by atoms with Gasteiger partial charge in [-0.1, -0.05) is 24.0 Å². The highest BCUT2D eigenvalue weighted by Crippen LogP contribution is 2.16. The van der Waals surface area contributed by atoms with Crippen molar-refractivity contribution in [3.8, 4) is 17.5 Å². The molecule has 3 heteroatoms. The van der Waals surface area contributed by atoms with Crippen LogP contribution in [0.3, 0.4) is 0 Å². The fourth-order valence-electron chi connectivity index (χ4n) is 2.33. The van der Waals surface area contributed by atoms with Crippen molar-refractivity contribution in [2.24, 2.45) is 0 Å². The summed E-state index contributed by atoms with van der Waals surface area (Å²) in [5, 5.41) is 4.25. The zero-order chi connectivity index (χ0) is 16.2. The molecule has 3 nitrogen and oxygen atoms in total. The van der Waals surface area contributed by atoms with Crippen molar-refractivity contribution in [1.29, 1.82) is 0 Å². The van der Waals surface area contributed by atoms with Crippen LogP contribution in [0, 0.1) is 18.8 Å². The average molecular weight is 300 g/mol. The summed E-state index contributed by atoms with van der Waals surface area (Å²) in [6.07, 6.45) is 3.58. The molecule has 0 unspecified atom stereocenters. The first kappa shape index (κ1) is 14.8. The lowest BCUT2D eigenvalue weighted by Crippen LogP contribution is -2.01. The number of hydrogen-bond acceptors (Lipinski definition) is 2. The Morgan fingerprint density at radius 1 is 1.09 bits per heavy atom. The van der Waals surface area contributed by atoms with Gasteiger partial charge in [-0.05, 0) is 55.8 Å². The summed E-state index contributed by atoms with van der Waals surface area (Å²) in [6, 6.07) is 15.4. The standard InChI is InChI=1S/C20H16N2O/c1-15-5-3-6-17(13-15)7-8-19-14-18(16(2)23)9-10-20(19)22-12-4-11-21-22/h3-6,9-14H,1-2H3. The fraction of sp³-hybridized carbons (Fsp3) is 0.100. The Balaban J connectivity index is 2.09. The van der Waals surface area contributed by atoms with E-state index in [1.165, 1.54) is 5.56 Å². The van der Waals surface area contributed by atoms with Gasteiger partial charge in [0.1, 0.15) is 0 Å². The first-order valence-corrected chi connectivity index (χ1v) is 7.37. The van der Waals surface area contributed by atoms with Gasteiger partial charge in [-0.25, -0.2) is 4.68 Å². The minimum absolute atomic E-state index is 0.0237. The summed E-state index contributed by atoms with van der Waals surface area (Å²) in [6.45, 7) is 3.59. The lowest BCUT2D eigenvalue weighted by Gasteiger charge is -2.06. The molecule has 0 atom stereocenters. The molecule has 1 aromatic heterocycles. The maximum Gasteiger partial charge on any atom is 0.159 e. The van der Waals surface area contributed by atoms with Crippen LogP contribution in [-0.2, 0) is 0 Å². The zero-order valence-electron chi connectivity index (χ0n) is 13.1. The Kier molecular flexibility index (Phi) is 4.07. The molecule has 2 aromatic carbocycles. The molecule has 0 radical (unpaired) electrons. The van der Waals surface area contributed by atoms with Crippen LogP contribution in [0.25, 0.3) is 5.69 Å². The predicted molar refractivity (Wildman–Crippen MR) is 90.7 cm³/mol. The van der Waals surface area contributed by atoms with Gasteiger partial charge in [-0.3, -0.25) is 4.79 Å². The third kappa shape index (κ3) is 3.38. The van der Waals surface area contributed by atoms with E-state index in [0.717, 1.165) is 16.8 Å². The zero-order valence-corrected chi connectivity index (χ0v) is 13.1. The first-order chi connectivity index (χ1) is 11.1. The first-order valence-electron chi connectivity index (χ1n) is 7.37. The van der Waals surface area contributed by atoms with Gasteiger partial charge in [-0.15, -0.1) is 0 Å². The number of hydrogen-bond donors (Lipinski definition) is 0. The number of Topliss-reactive ketones (excluding diaryl/α,β-unsaturated/α-hetero) is 1. The average Bonchev–Trinajstić information content (AvgIpc) is 3.07. The largest absolute Gasteiger partial charge is 0.295 e. The van der Waals surface area contributed by atoms with E-state index in [9.17, 15) is 4.79 Å². The highest BCUT2D eigenvalue weighted by molar-refractivity contribution is 5.94. The maximum absolute atomic E-state index is 11.6. The molecular formula is C20H16N2O. The van der Waals surface area contributed by atoms with Crippen molar-refractivity contribution in [1.82, 2.24) is 9.78 Å². The molecule has 0 saturated carbocycles. The van der Waals surface area contributed by atoms with Crippen molar-refractivity contribution in [2.75, 3.05) is 0 Å². The van der Waals surface area contributed by atoms with Crippen LogP contribution >= 0.6 is 0 Å². The van der Waals surface area contributed by atoms with Crippen LogP contribution in [0.1, 0.15) is 34.0 Å². The Labute approximate surface area is 135 Å². The van der Waals surface area contributed by atoms with E-state index >= 15 is 0 Å². The van der Waals surface area contributed by atoms with E-state index in [2.05, 4.69) is 16.9 Å². The smallest absolute Gasteiger partial charge is 0.159 e. The maximum atomic E-state index is 11.6. The molecule has 0 N–H and O–H groups in total. The molecule has 0 fully saturated rings. The molecule has 0 aliphatic carbocycles. The number of ketones is 1. The molecule has 3 rings (SSSR count). The topological polar surface area (TPSA) is 34.9 Å². The highest BCUT2D eigenvalue weighted by Gasteiger charge is 2.07. The fourth-order valence-corrected chi connectivity index (χ4v) is 2.33. The summed E-state index contributed by atoms with van der Waals surface area (Å²) in [4.78, 5) is 11.6. The van der Waals surface area contributed by atoms with Gasteiger partial charge in [0, 0.05) is 23.5 Å². The molecule has 0 spiro atoms. The van der Waals surface area contributed by atoms with Gasteiger partial charge in [0.25, 0.3) is 0 Å². The molecule has 23 heavy (non-hydrogen) atoms. The number of benzene rings is 2. The lowest BCUT2D eigenvalue weighted by molar-refractivity contribution is 0.101. The molecule has 1 heterocycles. The van der Waals surface area contributed by atoms with Gasteiger partial charge in [0.2, 0.25) is 0 Å². The van der Waals surface area contributed by atoms with Crippen LogP contribution in [0.4, 0.5) is 0 Å². The molecule has 0 aliphatic heterocycles. The van der Waals surface area contributed by atoms with Crippen molar-refractivity contribution in [3.63, 3.8) is 0 Å². The predicted octanol–water partition coefficient (Wildman–Crippen LogP) is 3.78. The van der Waals surface area contributed by atoms with E-state index in [-0.39, 0.29) is 5.78 Å². The van der Waals surface area contributed by atoms with E-state index in [4.69, 9.17) is 0 Å². The van der Waals surface area contributed by atoms with E-state index in [1.807, 2.05) is 55.6 Å². The number of carbonyl (C=O) groups is 1. The summed E-state index contributed by atoms with van der Waals surface area (Å²) in [7, 11) is 0. The van der Waals surface area contributed by atoms with Crippen molar-refractivity contribution < 1.29 is 4.79 Å². The molecule has 3 aromatic rings. The van der Waals surface area contributed by atoms with Crippen LogP contribution in [0.5, 0.6) is 0 Å². The lowest BCUT2D eigenvalue weighted by atomic mass is 10.1. The van der Waals surface area contributed by atoms with Crippen LogP contribution in [0.15, 0.2) is 60.9 Å². The SMILES string of the molecule is CC(=O)c1ccc(-n2cccn2)c(C#Cc2cccc(C)c2)c1. The Morgan fingerprint density at radius 3 is 2.65 bits per heavy atom. The van der Waals surface area contributed by atoms with Gasteiger partial charge in [-0.2, -0.15) is 5.10 Å². The van der Waals surface area contributed by atoms with E-state index < -0.39 is 0 Å². The summed E-state index contributed by atoms with van der Waals surface area (Å²) in [5.41, 5.74) is 4.41. The van der Waals surface area contributed by atoms with Gasteiger partial charge >= 0.3 is 0 Å². The Bertz CT molecular complexity index is 912. The number of aromatic nitrogens is 2. The molecule has 0 bridgehead atoms. The Morgan fingerprint density at radius 2 is 1.96 bits per heavy atom. The normalized spacial score (nSPS) is 10.0. The monoisotopic (exact) mass is 300 g/mol. The molecule has 0 aliphatic rings. The van der Waals surface area contributed by atoms with Crippen LogP contribution in [0.2, 0.25) is 0 Å². The molecule has 0 saturated heterocycles. The second-order valence-corrected chi connectivity index (χ2v) is 5.36. The minimum Gasteiger partial charge on any atom is -0.295 e. The minimum atomic E-state index is 0.0237. The number of rotatable bonds is 2. The number of nitrogens with zero attached hydrogens (tertiary/aromatic N) is 2. The summed E-state index contributed by atoms with van der Waals surface area (Å²) < 4.78 is 1.75. The quantitative estimate of drug-likeness (QED) is 0.533. The van der Waals surface area contributed by atoms with E-state index in [1.54, 1.807) is 23.9 Å².